The monoisotopic (exact) mass is 345 g/mol. The minimum atomic E-state index is -0.288. The Morgan fingerprint density at radius 2 is 1.62 bits per heavy atom. The molecule has 0 aliphatic heterocycles. The van der Waals surface area contributed by atoms with Crippen LogP contribution in [0.3, 0.4) is 0 Å². The molecule has 4 rings (SSSR count). The maximum atomic E-state index is 6.10. The lowest BCUT2D eigenvalue weighted by Gasteiger charge is -2.45. The molecule has 0 spiro atoms. The third-order valence-electron chi connectivity index (χ3n) is 6.10. The van der Waals surface area contributed by atoms with E-state index in [0.717, 1.165) is 12.8 Å². The minimum absolute atomic E-state index is 0.288. The lowest BCUT2D eigenvalue weighted by molar-refractivity contribution is -0.0685. The molecule has 2 atom stereocenters. The maximum Gasteiger partial charge on any atom is 0.106 e. The highest BCUT2D eigenvalue weighted by atomic mass is 16.5. The van der Waals surface area contributed by atoms with Crippen molar-refractivity contribution in [2.24, 2.45) is 0 Å². The van der Waals surface area contributed by atoms with Crippen LogP contribution in [0.1, 0.15) is 24.5 Å². The van der Waals surface area contributed by atoms with Gasteiger partial charge in [-0.25, -0.2) is 0 Å². The predicted molar refractivity (Wildman–Crippen MR) is 110 cm³/mol. The summed E-state index contributed by atoms with van der Waals surface area (Å²) in [6, 6.07) is 22.5. The summed E-state index contributed by atoms with van der Waals surface area (Å²) in [6.45, 7) is 2.24. The van der Waals surface area contributed by atoms with Gasteiger partial charge in [-0.15, -0.1) is 0 Å². The normalized spacial score (nSPS) is 22.6. The molecule has 1 aliphatic carbocycles. The van der Waals surface area contributed by atoms with Crippen molar-refractivity contribution in [3.05, 3.63) is 71.8 Å². The molecule has 0 N–H and O–H groups in total. The van der Waals surface area contributed by atoms with Crippen LogP contribution in [-0.2, 0) is 16.8 Å². The molecule has 2 heteroatoms. The summed E-state index contributed by atoms with van der Waals surface area (Å²) in [6.07, 6.45) is 2.23. The lowest BCUT2D eigenvalue weighted by Crippen LogP contribution is -2.50. The summed E-state index contributed by atoms with van der Waals surface area (Å²) in [5.74, 6) is 0. The van der Waals surface area contributed by atoms with Gasteiger partial charge in [0.1, 0.15) is 5.60 Å². The Morgan fingerprint density at radius 3 is 2.35 bits per heavy atom. The van der Waals surface area contributed by atoms with E-state index < -0.39 is 0 Å². The van der Waals surface area contributed by atoms with Crippen LogP contribution in [0.15, 0.2) is 60.7 Å². The number of aryl methyl sites for hydroxylation is 1. The van der Waals surface area contributed by atoms with E-state index in [2.05, 4.69) is 86.6 Å². The van der Waals surface area contributed by atoms with Gasteiger partial charge in [-0.2, -0.15) is 0 Å². The maximum absolute atomic E-state index is 6.10. The lowest BCUT2D eigenvalue weighted by atomic mass is 9.75. The van der Waals surface area contributed by atoms with E-state index in [0.29, 0.717) is 6.04 Å². The second-order valence-corrected chi connectivity index (χ2v) is 7.76. The Labute approximate surface area is 156 Å². The SMILES string of the molecule is COC1(C)c2cc(-c3ccc4ccccc4c3)ccc2CCC1N(C)C. The van der Waals surface area contributed by atoms with Gasteiger partial charge >= 0.3 is 0 Å². The smallest absolute Gasteiger partial charge is 0.106 e. The fourth-order valence-electron chi connectivity index (χ4n) is 4.55. The van der Waals surface area contributed by atoms with Gasteiger partial charge in [0.15, 0.2) is 0 Å². The molecule has 0 heterocycles. The fraction of sp³-hybridized carbons (Fsp3) is 0.333. The van der Waals surface area contributed by atoms with Crippen molar-refractivity contribution in [1.82, 2.24) is 4.90 Å². The molecule has 0 aromatic heterocycles. The zero-order chi connectivity index (χ0) is 18.3. The number of ether oxygens (including phenoxy) is 1. The molecule has 0 bridgehead atoms. The summed E-state index contributed by atoms with van der Waals surface area (Å²) in [5.41, 5.74) is 4.98. The Bertz CT molecular complexity index is 946. The van der Waals surface area contributed by atoms with Gasteiger partial charge in [-0.3, -0.25) is 0 Å². The Balaban J connectivity index is 1.83. The standard InChI is InChI=1S/C24H27NO/c1-24(26-4)22-16-21(12-10-18(22)13-14-23(24)25(2)3)20-11-9-17-7-5-6-8-19(17)15-20/h5-12,15-16,23H,13-14H2,1-4H3. The molecule has 26 heavy (non-hydrogen) atoms. The van der Waals surface area contributed by atoms with E-state index in [9.17, 15) is 0 Å². The molecule has 2 nitrogen and oxygen atoms in total. The van der Waals surface area contributed by atoms with Gasteiger partial charge in [0, 0.05) is 13.2 Å². The molecule has 0 radical (unpaired) electrons. The first-order valence-corrected chi connectivity index (χ1v) is 9.37. The first-order chi connectivity index (χ1) is 12.5. The average molecular weight is 345 g/mol. The molecule has 134 valence electrons. The predicted octanol–water partition coefficient (Wildman–Crippen LogP) is 5.24. The zero-order valence-electron chi connectivity index (χ0n) is 16.1. The van der Waals surface area contributed by atoms with Crippen molar-refractivity contribution >= 4 is 10.8 Å². The van der Waals surface area contributed by atoms with E-state index in [1.165, 1.54) is 33.0 Å². The molecule has 3 aromatic carbocycles. The molecular weight excluding hydrogens is 318 g/mol. The quantitative estimate of drug-likeness (QED) is 0.643. The van der Waals surface area contributed by atoms with Gasteiger partial charge in [-0.05, 0) is 79.0 Å². The second-order valence-electron chi connectivity index (χ2n) is 7.76. The van der Waals surface area contributed by atoms with Crippen LogP contribution in [0.2, 0.25) is 0 Å². The van der Waals surface area contributed by atoms with Gasteiger partial charge < -0.3 is 9.64 Å². The number of benzene rings is 3. The van der Waals surface area contributed by atoms with Gasteiger partial charge in [-0.1, -0.05) is 48.5 Å². The van der Waals surface area contributed by atoms with E-state index in [4.69, 9.17) is 4.74 Å². The third-order valence-corrected chi connectivity index (χ3v) is 6.10. The number of fused-ring (bicyclic) bond motifs is 2. The van der Waals surface area contributed by atoms with Crippen molar-refractivity contribution < 1.29 is 4.74 Å². The molecule has 1 aliphatic rings. The highest BCUT2D eigenvalue weighted by molar-refractivity contribution is 5.87. The van der Waals surface area contributed by atoms with Crippen LogP contribution >= 0.6 is 0 Å². The van der Waals surface area contributed by atoms with Crippen LogP contribution in [0.25, 0.3) is 21.9 Å². The molecule has 2 unspecified atom stereocenters. The summed E-state index contributed by atoms with van der Waals surface area (Å²) in [7, 11) is 6.15. The van der Waals surface area contributed by atoms with Crippen LogP contribution in [0, 0.1) is 0 Å². The fourth-order valence-corrected chi connectivity index (χ4v) is 4.55. The molecule has 0 amide bonds. The number of likely N-dealkylation sites (N-methyl/N-ethyl adjacent to an activating group) is 1. The zero-order valence-corrected chi connectivity index (χ0v) is 16.1. The van der Waals surface area contributed by atoms with Crippen molar-refractivity contribution in [3.63, 3.8) is 0 Å². The number of nitrogens with zero attached hydrogens (tertiary/aromatic N) is 1. The summed E-state index contributed by atoms with van der Waals surface area (Å²) >= 11 is 0. The van der Waals surface area contributed by atoms with Crippen LogP contribution in [0.4, 0.5) is 0 Å². The van der Waals surface area contributed by atoms with Crippen LogP contribution in [0.5, 0.6) is 0 Å². The third kappa shape index (κ3) is 2.74. The Hall–Kier alpha value is -2.16. The Kier molecular flexibility index (Phi) is 4.34. The summed E-state index contributed by atoms with van der Waals surface area (Å²) < 4.78 is 6.10. The van der Waals surface area contributed by atoms with Crippen molar-refractivity contribution in [2.45, 2.75) is 31.4 Å². The molecule has 3 aromatic rings. The van der Waals surface area contributed by atoms with Crippen molar-refractivity contribution in [3.8, 4) is 11.1 Å². The second kappa shape index (κ2) is 6.53. The van der Waals surface area contributed by atoms with Crippen molar-refractivity contribution in [2.75, 3.05) is 21.2 Å². The number of hydrogen-bond donors (Lipinski definition) is 0. The van der Waals surface area contributed by atoms with E-state index in [1.807, 2.05) is 7.11 Å². The number of methoxy groups -OCH3 is 1. The van der Waals surface area contributed by atoms with E-state index in [-0.39, 0.29) is 5.60 Å². The van der Waals surface area contributed by atoms with E-state index in [1.54, 1.807) is 0 Å². The van der Waals surface area contributed by atoms with Gasteiger partial charge in [0.2, 0.25) is 0 Å². The topological polar surface area (TPSA) is 12.5 Å². The number of rotatable bonds is 3. The number of hydrogen-bond acceptors (Lipinski definition) is 2. The Morgan fingerprint density at radius 1 is 0.923 bits per heavy atom. The van der Waals surface area contributed by atoms with Crippen molar-refractivity contribution in [1.29, 1.82) is 0 Å². The minimum Gasteiger partial charge on any atom is -0.372 e. The van der Waals surface area contributed by atoms with Crippen LogP contribution in [-0.4, -0.2) is 32.1 Å². The molecule has 0 saturated carbocycles. The van der Waals surface area contributed by atoms with Gasteiger partial charge in [0.05, 0.1) is 0 Å². The highest BCUT2D eigenvalue weighted by Crippen LogP contribution is 2.41. The largest absolute Gasteiger partial charge is 0.372 e. The average Bonchev–Trinajstić information content (AvgIpc) is 2.67. The first-order valence-electron chi connectivity index (χ1n) is 9.37. The summed E-state index contributed by atoms with van der Waals surface area (Å²) in [4.78, 5) is 2.30. The molecular formula is C24H27NO. The van der Waals surface area contributed by atoms with E-state index >= 15 is 0 Å². The highest BCUT2D eigenvalue weighted by Gasteiger charge is 2.42. The van der Waals surface area contributed by atoms with Gasteiger partial charge in [0.25, 0.3) is 0 Å². The summed E-state index contributed by atoms with van der Waals surface area (Å²) in [5, 5.41) is 2.56. The first kappa shape index (κ1) is 17.3. The van der Waals surface area contributed by atoms with Crippen LogP contribution < -0.4 is 0 Å². The molecule has 0 fully saturated rings. The molecule has 0 saturated heterocycles.